The average molecular weight is 344 g/mol. The number of aliphatic imine (C=N–C) groups is 1. The molecule has 0 spiro atoms. The van der Waals surface area contributed by atoms with Crippen LogP contribution in [0.15, 0.2) is 29.3 Å². The van der Waals surface area contributed by atoms with E-state index in [4.69, 9.17) is 0 Å². The minimum absolute atomic E-state index is 0.740. The first kappa shape index (κ1) is 18.1. The molecule has 1 aromatic carbocycles. The first-order chi connectivity index (χ1) is 12.2. The van der Waals surface area contributed by atoms with Gasteiger partial charge in [0, 0.05) is 52.0 Å². The van der Waals surface area contributed by atoms with Gasteiger partial charge in [0.2, 0.25) is 0 Å². The van der Waals surface area contributed by atoms with Crippen molar-refractivity contribution in [3.8, 4) is 0 Å². The van der Waals surface area contributed by atoms with E-state index in [0.29, 0.717) is 0 Å². The van der Waals surface area contributed by atoms with Gasteiger partial charge < -0.3 is 20.0 Å². The van der Waals surface area contributed by atoms with Crippen LogP contribution in [0.25, 0.3) is 0 Å². The van der Waals surface area contributed by atoms with Gasteiger partial charge in [0.1, 0.15) is 0 Å². The molecule has 0 aliphatic carbocycles. The van der Waals surface area contributed by atoms with Crippen molar-refractivity contribution in [3.63, 3.8) is 0 Å². The third-order valence-electron chi connectivity index (χ3n) is 5.43. The van der Waals surface area contributed by atoms with Crippen LogP contribution in [-0.2, 0) is 0 Å². The molecule has 0 saturated carbocycles. The Hall–Kier alpha value is -1.75. The van der Waals surface area contributed by atoms with Crippen LogP contribution in [0.4, 0.5) is 5.69 Å². The van der Waals surface area contributed by atoms with Gasteiger partial charge in [-0.3, -0.25) is 4.99 Å². The zero-order valence-corrected chi connectivity index (χ0v) is 16.0. The lowest BCUT2D eigenvalue weighted by Crippen LogP contribution is -2.53. The number of anilines is 1. The third kappa shape index (κ3) is 4.88. The Balaban J connectivity index is 1.48. The first-order valence-corrected chi connectivity index (χ1v) is 9.61. The molecule has 138 valence electrons. The highest BCUT2D eigenvalue weighted by molar-refractivity contribution is 5.80. The molecule has 2 aliphatic rings. The van der Waals surface area contributed by atoms with Gasteiger partial charge in [-0.2, -0.15) is 0 Å². The highest BCUT2D eigenvalue weighted by atomic mass is 15.3. The summed E-state index contributed by atoms with van der Waals surface area (Å²) >= 11 is 0. The van der Waals surface area contributed by atoms with Gasteiger partial charge >= 0.3 is 0 Å². The van der Waals surface area contributed by atoms with E-state index in [1.807, 2.05) is 7.05 Å². The smallest absolute Gasteiger partial charge is 0.193 e. The molecule has 2 saturated heterocycles. The minimum Gasteiger partial charge on any atom is -0.368 e. The lowest BCUT2D eigenvalue weighted by molar-refractivity contribution is 0.209. The summed E-state index contributed by atoms with van der Waals surface area (Å²) in [6.07, 6.45) is 2.64. The van der Waals surface area contributed by atoms with Crippen LogP contribution in [0, 0.1) is 12.8 Å². The second kappa shape index (κ2) is 8.56. The van der Waals surface area contributed by atoms with E-state index in [-0.39, 0.29) is 0 Å². The van der Waals surface area contributed by atoms with Crippen LogP contribution in [0.3, 0.4) is 0 Å². The van der Waals surface area contributed by atoms with Gasteiger partial charge in [-0.1, -0.05) is 12.1 Å². The van der Waals surface area contributed by atoms with Crippen molar-refractivity contribution in [2.75, 3.05) is 64.8 Å². The van der Waals surface area contributed by atoms with Gasteiger partial charge in [-0.15, -0.1) is 0 Å². The van der Waals surface area contributed by atoms with Crippen molar-refractivity contribution < 1.29 is 0 Å². The Morgan fingerprint density at radius 3 is 2.68 bits per heavy atom. The standard InChI is InChI=1S/C20H33N5/c1-17-6-4-8-19(14-17)24-10-12-25(13-11-24)20(21-2)22-15-18-7-5-9-23(3)16-18/h4,6,8,14,18H,5,7,9-13,15-16H2,1-3H3,(H,21,22). The van der Waals surface area contributed by atoms with Crippen LogP contribution >= 0.6 is 0 Å². The number of benzene rings is 1. The normalized spacial score (nSPS) is 23.0. The molecule has 2 aliphatic heterocycles. The molecule has 25 heavy (non-hydrogen) atoms. The van der Waals surface area contributed by atoms with Gasteiger partial charge in [0.15, 0.2) is 5.96 Å². The van der Waals surface area contributed by atoms with Crippen molar-refractivity contribution in [2.45, 2.75) is 19.8 Å². The lowest BCUT2D eigenvalue weighted by atomic mass is 9.98. The number of guanidine groups is 1. The third-order valence-corrected chi connectivity index (χ3v) is 5.43. The largest absolute Gasteiger partial charge is 0.368 e. The van der Waals surface area contributed by atoms with Gasteiger partial charge in [-0.25, -0.2) is 0 Å². The Morgan fingerprint density at radius 2 is 2.00 bits per heavy atom. The van der Waals surface area contributed by atoms with E-state index < -0.39 is 0 Å². The molecular weight excluding hydrogens is 310 g/mol. The number of hydrogen-bond acceptors (Lipinski definition) is 3. The second-order valence-electron chi connectivity index (χ2n) is 7.51. The summed E-state index contributed by atoms with van der Waals surface area (Å²) in [5.74, 6) is 1.81. The molecule has 5 nitrogen and oxygen atoms in total. The lowest BCUT2D eigenvalue weighted by Gasteiger charge is -2.38. The second-order valence-corrected chi connectivity index (χ2v) is 7.51. The fourth-order valence-electron chi connectivity index (χ4n) is 4.01. The number of aryl methyl sites for hydroxylation is 1. The Labute approximate surface area is 152 Å². The molecule has 2 fully saturated rings. The van der Waals surface area contributed by atoms with E-state index in [1.54, 1.807) is 0 Å². The minimum atomic E-state index is 0.740. The van der Waals surface area contributed by atoms with Crippen molar-refractivity contribution in [1.29, 1.82) is 0 Å². The summed E-state index contributed by atoms with van der Waals surface area (Å²) in [4.78, 5) is 11.9. The summed E-state index contributed by atoms with van der Waals surface area (Å²) in [6, 6.07) is 8.81. The predicted octanol–water partition coefficient (Wildman–Crippen LogP) is 2.03. The van der Waals surface area contributed by atoms with Crippen LogP contribution in [0.1, 0.15) is 18.4 Å². The van der Waals surface area contributed by atoms with Crippen molar-refractivity contribution in [3.05, 3.63) is 29.8 Å². The van der Waals surface area contributed by atoms with Gasteiger partial charge in [0.05, 0.1) is 0 Å². The highest BCUT2D eigenvalue weighted by Gasteiger charge is 2.22. The molecule has 3 rings (SSSR count). The summed E-state index contributed by atoms with van der Waals surface area (Å²) in [5.41, 5.74) is 2.67. The fourth-order valence-corrected chi connectivity index (χ4v) is 4.01. The van der Waals surface area contributed by atoms with Gasteiger partial charge in [0.25, 0.3) is 0 Å². The van der Waals surface area contributed by atoms with Crippen molar-refractivity contribution in [2.24, 2.45) is 10.9 Å². The fraction of sp³-hybridized carbons (Fsp3) is 0.650. The number of piperidine rings is 1. The quantitative estimate of drug-likeness (QED) is 0.673. The molecule has 1 unspecified atom stereocenters. The summed E-state index contributed by atoms with van der Waals surface area (Å²) in [6.45, 7) is 9.80. The topological polar surface area (TPSA) is 34.1 Å². The maximum atomic E-state index is 4.53. The average Bonchev–Trinajstić information content (AvgIpc) is 2.63. The van der Waals surface area contributed by atoms with E-state index in [9.17, 15) is 0 Å². The van der Waals surface area contributed by atoms with Gasteiger partial charge in [-0.05, 0) is 57.0 Å². The van der Waals surface area contributed by atoms with E-state index in [0.717, 1.165) is 44.6 Å². The maximum absolute atomic E-state index is 4.53. The molecule has 0 aromatic heterocycles. The molecule has 1 aromatic rings. The molecule has 0 radical (unpaired) electrons. The maximum Gasteiger partial charge on any atom is 0.193 e. The SMILES string of the molecule is CN=C(NCC1CCCN(C)C1)N1CCN(c2cccc(C)c2)CC1. The zero-order chi connectivity index (χ0) is 17.6. The summed E-state index contributed by atoms with van der Waals surface area (Å²) in [7, 11) is 4.13. The van der Waals surface area contributed by atoms with Crippen LogP contribution in [-0.4, -0.2) is 75.7 Å². The van der Waals surface area contributed by atoms with E-state index >= 15 is 0 Å². The van der Waals surface area contributed by atoms with E-state index in [1.165, 1.54) is 37.2 Å². The molecule has 5 heteroatoms. The van der Waals surface area contributed by atoms with Crippen molar-refractivity contribution >= 4 is 11.6 Å². The Morgan fingerprint density at radius 1 is 1.20 bits per heavy atom. The number of likely N-dealkylation sites (tertiary alicyclic amines) is 1. The Kier molecular flexibility index (Phi) is 6.19. The first-order valence-electron chi connectivity index (χ1n) is 9.61. The monoisotopic (exact) mass is 343 g/mol. The number of nitrogens with zero attached hydrogens (tertiary/aromatic N) is 4. The molecule has 1 N–H and O–H groups in total. The molecule has 0 bridgehead atoms. The molecule has 2 heterocycles. The Bertz CT molecular complexity index is 577. The molecule has 1 atom stereocenters. The summed E-state index contributed by atoms with van der Waals surface area (Å²) < 4.78 is 0. The van der Waals surface area contributed by atoms with Crippen LogP contribution in [0.2, 0.25) is 0 Å². The molecule has 0 amide bonds. The number of hydrogen-bond donors (Lipinski definition) is 1. The number of piperazine rings is 1. The van der Waals surface area contributed by atoms with Crippen LogP contribution < -0.4 is 10.2 Å². The number of nitrogens with one attached hydrogen (secondary N) is 1. The predicted molar refractivity (Wildman–Crippen MR) is 107 cm³/mol. The van der Waals surface area contributed by atoms with Crippen molar-refractivity contribution in [1.82, 2.24) is 15.1 Å². The zero-order valence-electron chi connectivity index (χ0n) is 16.0. The van der Waals surface area contributed by atoms with E-state index in [2.05, 4.69) is 63.2 Å². The highest BCUT2D eigenvalue weighted by Crippen LogP contribution is 2.18. The van der Waals surface area contributed by atoms with Crippen LogP contribution in [0.5, 0.6) is 0 Å². The number of rotatable bonds is 3. The summed E-state index contributed by atoms with van der Waals surface area (Å²) in [5, 5.41) is 3.62. The molecular formula is C20H33N5.